The van der Waals surface area contributed by atoms with Crippen LogP contribution in [0.5, 0.6) is 0 Å². The minimum atomic E-state index is -0.513. The standard InChI is InChI=1S/C16H14FN5O2.C11H12N2O3.C2H5NO/c1-9-5-11(3-4-12(9)17)7-18-15(24)13-6-14(10(2)23)22-16(21-13)19-8-20-22;14-6-8-3-1-2-7(4-8)5-9-10(15)13-11(16)12-9;1-2(3)4/h3-6,8H,7H2,1-2H3,(H,18,24);1-4,9,14H,5-6H2,(H2,12,13,15,16);1H3,(H2,3,4). The highest BCUT2D eigenvalue weighted by Gasteiger charge is 2.29. The summed E-state index contributed by atoms with van der Waals surface area (Å²) < 4.78 is 14.5. The molecule has 0 bridgehead atoms. The highest BCUT2D eigenvalue weighted by molar-refractivity contribution is 6.04. The first kappa shape index (κ1) is 32.9. The Morgan fingerprint density at radius 1 is 1.07 bits per heavy atom. The Morgan fingerprint density at radius 3 is 2.39 bits per heavy atom. The number of amides is 5. The molecule has 44 heavy (non-hydrogen) atoms. The fourth-order valence-electron chi connectivity index (χ4n) is 3.96. The molecule has 0 saturated carbocycles. The van der Waals surface area contributed by atoms with Gasteiger partial charge in [-0.3, -0.25) is 24.5 Å². The van der Waals surface area contributed by atoms with Crippen molar-refractivity contribution in [3.63, 3.8) is 0 Å². The van der Waals surface area contributed by atoms with E-state index in [4.69, 9.17) is 5.11 Å². The van der Waals surface area contributed by atoms with E-state index in [0.29, 0.717) is 12.0 Å². The van der Waals surface area contributed by atoms with E-state index >= 15 is 0 Å². The molecule has 3 heterocycles. The van der Waals surface area contributed by atoms with Crippen LogP contribution in [-0.4, -0.2) is 60.3 Å². The van der Waals surface area contributed by atoms with E-state index in [9.17, 15) is 28.4 Å². The van der Waals surface area contributed by atoms with Gasteiger partial charge in [-0.15, -0.1) is 0 Å². The Hall–Kier alpha value is -5.57. The number of halogens is 1. The molecular formula is C29H31FN8O6. The predicted octanol–water partition coefficient (Wildman–Crippen LogP) is 1.13. The summed E-state index contributed by atoms with van der Waals surface area (Å²) in [5, 5.41) is 20.3. The first-order valence-electron chi connectivity index (χ1n) is 13.2. The summed E-state index contributed by atoms with van der Waals surface area (Å²) in [6.07, 6.45) is 1.70. The number of rotatable bonds is 7. The number of benzene rings is 2. The number of carbonyl (C=O) groups excluding carboxylic acids is 5. The molecule has 5 rings (SSSR count). The number of nitrogens with two attached hydrogens (primary N) is 1. The molecule has 1 atom stereocenters. The van der Waals surface area contributed by atoms with Gasteiger partial charge in [0.05, 0.1) is 6.61 Å². The summed E-state index contributed by atoms with van der Waals surface area (Å²) >= 11 is 0. The second-order valence-corrected chi connectivity index (χ2v) is 9.63. The van der Waals surface area contributed by atoms with Crippen LogP contribution in [0.2, 0.25) is 0 Å². The molecule has 1 saturated heterocycles. The number of primary amides is 1. The quantitative estimate of drug-likeness (QED) is 0.150. The van der Waals surface area contributed by atoms with Crippen molar-refractivity contribution in [2.45, 2.75) is 46.4 Å². The second-order valence-electron chi connectivity index (χ2n) is 9.63. The molecule has 5 amide bonds. The first-order valence-corrected chi connectivity index (χ1v) is 13.2. The lowest BCUT2D eigenvalue weighted by Crippen LogP contribution is -2.31. The van der Waals surface area contributed by atoms with Crippen molar-refractivity contribution in [1.82, 2.24) is 35.5 Å². The van der Waals surface area contributed by atoms with Crippen molar-refractivity contribution in [3.05, 3.63) is 94.3 Å². The number of urea groups is 1. The molecule has 0 aliphatic carbocycles. The van der Waals surface area contributed by atoms with Crippen molar-refractivity contribution in [2.75, 3.05) is 0 Å². The van der Waals surface area contributed by atoms with Crippen LogP contribution >= 0.6 is 0 Å². The maximum Gasteiger partial charge on any atom is 0.322 e. The third-order valence-electron chi connectivity index (χ3n) is 5.99. The van der Waals surface area contributed by atoms with Gasteiger partial charge in [0, 0.05) is 26.8 Å². The lowest BCUT2D eigenvalue weighted by Gasteiger charge is -2.07. The van der Waals surface area contributed by atoms with E-state index in [1.807, 2.05) is 18.2 Å². The number of nitrogens with one attached hydrogen (secondary N) is 3. The van der Waals surface area contributed by atoms with Crippen LogP contribution in [0.1, 0.15) is 57.1 Å². The smallest absolute Gasteiger partial charge is 0.322 e. The largest absolute Gasteiger partial charge is 0.392 e. The topological polar surface area (TPSA) is 211 Å². The normalized spacial score (nSPS) is 13.5. The zero-order chi connectivity index (χ0) is 32.4. The molecule has 1 unspecified atom stereocenters. The summed E-state index contributed by atoms with van der Waals surface area (Å²) in [7, 11) is 0. The van der Waals surface area contributed by atoms with Crippen LogP contribution < -0.4 is 21.7 Å². The van der Waals surface area contributed by atoms with Gasteiger partial charge >= 0.3 is 6.03 Å². The van der Waals surface area contributed by atoms with Gasteiger partial charge in [0.2, 0.25) is 5.91 Å². The van der Waals surface area contributed by atoms with Crippen molar-refractivity contribution in [3.8, 4) is 0 Å². The van der Waals surface area contributed by atoms with Crippen LogP contribution in [-0.2, 0) is 29.2 Å². The third kappa shape index (κ3) is 9.22. The number of hydrogen-bond acceptors (Lipinski definition) is 9. The lowest BCUT2D eigenvalue weighted by molar-refractivity contribution is -0.120. The minimum absolute atomic E-state index is 0.0307. The zero-order valence-corrected chi connectivity index (χ0v) is 24.1. The Kier molecular flexibility index (Phi) is 11.3. The molecule has 15 heteroatoms. The number of hydrogen-bond donors (Lipinski definition) is 5. The van der Waals surface area contributed by atoms with Gasteiger partial charge in [-0.05, 0) is 41.3 Å². The van der Waals surface area contributed by atoms with Crippen LogP contribution in [0, 0.1) is 12.7 Å². The van der Waals surface area contributed by atoms with Crippen LogP contribution in [0.15, 0.2) is 54.9 Å². The van der Waals surface area contributed by atoms with E-state index in [1.54, 1.807) is 25.1 Å². The van der Waals surface area contributed by atoms with Crippen molar-refractivity contribution < 1.29 is 33.5 Å². The number of aromatic nitrogens is 4. The van der Waals surface area contributed by atoms with E-state index < -0.39 is 18.0 Å². The Bertz CT molecular complexity index is 1700. The third-order valence-corrected chi connectivity index (χ3v) is 5.99. The molecule has 14 nitrogen and oxygen atoms in total. The number of nitrogens with zero attached hydrogens (tertiary/aromatic N) is 4. The lowest BCUT2D eigenvalue weighted by atomic mass is 10.0. The van der Waals surface area contributed by atoms with E-state index in [-0.39, 0.29) is 53.7 Å². The Labute approximate surface area is 250 Å². The zero-order valence-electron chi connectivity index (χ0n) is 24.1. The summed E-state index contributed by atoms with van der Waals surface area (Å²) in [6.45, 7) is 4.52. The fourth-order valence-corrected chi connectivity index (χ4v) is 3.96. The Balaban J connectivity index is 0.000000228. The monoisotopic (exact) mass is 606 g/mol. The predicted molar refractivity (Wildman–Crippen MR) is 154 cm³/mol. The minimum Gasteiger partial charge on any atom is -0.392 e. The van der Waals surface area contributed by atoms with Crippen molar-refractivity contribution >= 4 is 35.3 Å². The summed E-state index contributed by atoms with van der Waals surface area (Å²) in [6, 6.07) is 12.3. The number of aliphatic hydroxyl groups excluding tert-OH is 1. The molecule has 2 aromatic heterocycles. The summed E-state index contributed by atoms with van der Waals surface area (Å²) in [4.78, 5) is 63.4. The fraction of sp³-hybridized carbons (Fsp3) is 0.241. The number of carbonyl (C=O) groups is 5. The van der Waals surface area contributed by atoms with Gasteiger partial charge in [0.1, 0.15) is 29.6 Å². The number of aliphatic hydroxyl groups is 1. The molecule has 0 radical (unpaired) electrons. The molecule has 1 fully saturated rings. The highest BCUT2D eigenvalue weighted by Crippen LogP contribution is 2.11. The van der Waals surface area contributed by atoms with Gasteiger partial charge in [-0.25, -0.2) is 14.2 Å². The van der Waals surface area contributed by atoms with Gasteiger partial charge in [-0.2, -0.15) is 14.6 Å². The van der Waals surface area contributed by atoms with Gasteiger partial charge < -0.3 is 21.5 Å². The first-order chi connectivity index (χ1) is 20.9. The molecule has 1 aliphatic heterocycles. The maximum atomic E-state index is 13.3. The molecule has 1 aliphatic rings. The number of Topliss-reactive ketones (excluding diaryl/α,β-unsaturated/α-hetero) is 1. The highest BCUT2D eigenvalue weighted by atomic mass is 19.1. The number of fused-ring (bicyclic) bond motifs is 1. The van der Waals surface area contributed by atoms with E-state index in [0.717, 1.165) is 16.7 Å². The Morgan fingerprint density at radius 2 is 1.77 bits per heavy atom. The number of ketones is 1. The van der Waals surface area contributed by atoms with Crippen LogP contribution in [0.4, 0.5) is 9.18 Å². The average Bonchev–Trinajstić information content (AvgIpc) is 3.58. The van der Waals surface area contributed by atoms with Crippen molar-refractivity contribution in [2.24, 2.45) is 5.73 Å². The summed E-state index contributed by atoms with van der Waals surface area (Å²) in [5.74, 6) is -1.47. The molecule has 0 spiro atoms. The van der Waals surface area contributed by atoms with Gasteiger partial charge in [-0.1, -0.05) is 36.4 Å². The van der Waals surface area contributed by atoms with Crippen molar-refractivity contribution in [1.29, 1.82) is 0 Å². The second kappa shape index (κ2) is 15.1. The molecular weight excluding hydrogens is 575 g/mol. The molecule has 230 valence electrons. The van der Waals surface area contributed by atoms with Crippen LogP contribution in [0.3, 0.4) is 0 Å². The van der Waals surface area contributed by atoms with Gasteiger partial charge in [0.25, 0.3) is 17.6 Å². The van der Waals surface area contributed by atoms with Gasteiger partial charge in [0.15, 0.2) is 5.78 Å². The molecule has 2 aromatic carbocycles. The SMILES string of the molecule is CC(=O)c1cc(C(=O)NCc2ccc(F)c(C)c2)nc2ncnn12.CC(N)=O.O=C1NC(=O)C(Cc2cccc(CO)c2)N1. The molecule has 6 N–H and O–H groups in total. The summed E-state index contributed by atoms with van der Waals surface area (Å²) in [5.41, 5.74) is 7.73. The number of aryl methyl sites for hydroxylation is 1. The maximum absolute atomic E-state index is 13.3. The van der Waals surface area contributed by atoms with E-state index in [1.165, 1.54) is 36.8 Å². The number of imide groups is 1. The molecule has 4 aromatic rings. The average molecular weight is 607 g/mol. The van der Waals surface area contributed by atoms with E-state index in [2.05, 4.69) is 36.8 Å². The van der Waals surface area contributed by atoms with Crippen LogP contribution in [0.25, 0.3) is 5.78 Å².